The van der Waals surface area contributed by atoms with Gasteiger partial charge in [-0.25, -0.2) is 0 Å². The van der Waals surface area contributed by atoms with Crippen molar-refractivity contribution in [3.05, 3.63) is 12.7 Å². The molecular weight excluding hydrogens is 134 g/mol. The standard InChI is InChI=1S/C7H15ClN/c1-4-6-9(2,3)7-5-8/h4H,1,5-7H2,2-3H3/q+1. The molecule has 0 rings (SSSR count). The number of halogens is 1. The van der Waals surface area contributed by atoms with Crippen LogP contribution in [0.1, 0.15) is 0 Å². The quantitative estimate of drug-likeness (QED) is 0.322. The highest BCUT2D eigenvalue weighted by atomic mass is 35.5. The molecular formula is C7H15ClN+. The van der Waals surface area contributed by atoms with E-state index in [2.05, 4.69) is 20.7 Å². The van der Waals surface area contributed by atoms with Crippen molar-refractivity contribution in [3.63, 3.8) is 0 Å². The van der Waals surface area contributed by atoms with E-state index in [1.165, 1.54) is 0 Å². The van der Waals surface area contributed by atoms with Gasteiger partial charge in [-0.3, -0.25) is 0 Å². The number of alkyl halides is 1. The molecule has 0 amide bonds. The van der Waals surface area contributed by atoms with Crippen LogP contribution in [-0.2, 0) is 0 Å². The van der Waals surface area contributed by atoms with Crippen LogP contribution in [0.2, 0.25) is 0 Å². The van der Waals surface area contributed by atoms with Crippen LogP contribution < -0.4 is 0 Å². The molecule has 1 nitrogen and oxygen atoms in total. The zero-order valence-corrected chi connectivity index (χ0v) is 6.99. The highest BCUT2D eigenvalue weighted by Gasteiger charge is 2.09. The van der Waals surface area contributed by atoms with Gasteiger partial charge in [0.2, 0.25) is 0 Å². The largest absolute Gasteiger partial charge is 0.324 e. The first-order valence-corrected chi connectivity index (χ1v) is 3.65. The molecule has 54 valence electrons. The molecule has 9 heavy (non-hydrogen) atoms. The van der Waals surface area contributed by atoms with Crippen molar-refractivity contribution in [3.8, 4) is 0 Å². The molecule has 0 saturated carbocycles. The minimum Gasteiger partial charge on any atom is -0.324 e. The molecule has 0 aliphatic rings. The van der Waals surface area contributed by atoms with Crippen molar-refractivity contribution >= 4 is 11.6 Å². The maximum atomic E-state index is 5.57. The summed E-state index contributed by atoms with van der Waals surface area (Å²) >= 11 is 5.57. The van der Waals surface area contributed by atoms with Gasteiger partial charge in [0.1, 0.15) is 0 Å². The second kappa shape index (κ2) is 3.91. The summed E-state index contributed by atoms with van der Waals surface area (Å²) in [5, 5.41) is 0. The van der Waals surface area contributed by atoms with Gasteiger partial charge in [-0.1, -0.05) is 6.58 Å². The van der Waals surface area contributed by atoms with E-state index in [0.717, 1.165) is 23.5 Å². The smallest absolute Gasteiger partial charge is 0.0967 e. The van der Waals surface area contributed by atoms with Gasteiger partial charge in [0.15, 0.2) is 0 Å². The molecule has 0 aliphatic carbocycles. The highest BCUT2D eigenvalue weighted by Crippen LogP contribution is 1.96. The van der Waals surface area contributed by atoms with Gasteiger partial charge in [-0.2, -0.15) is 0 Å². The van der Waals surface area contributed by atoms with Crippen molar-refractivity contribution in [1.29, 1.82) is 0 Å². The topological polar surface area (TPSA) is 0 Å². The molecule has 2 heteroatoms. The van der Waals surface area contributed by atoms with Crippen LogP contribution in [0.5, 0.6) is 0 Å². The van der Waals surface area contributed by atoms with E-state index >= 15 is 0 Å². The number of nitrogens with zero attached hydrogens (tertiary/aromatic N) is 1. The third kappa shape index (κ3) is 4.49. The van der Waals surface area contributed by atoms with Crippen molar-refractivity contribution in [1.82, 2.24) is 0 Å². The molecule has 0 bridgehead atoms. The highest BCUT2D eigenvalue weighted by molar-refractivity contribution is 6.17. The Hall–Kier alpha value is -0.0100. The summed E-state index contributed by atoms with van der Waals surface area (Å²) in [4.78, 5) is 0. The molecule has 0 radical (unpaired) electrons. The summed E-state index contributed by atoms with van der Waals surface area (Å²) in [7, 11) is 4.29. The monoisotopic (exact) mass is 148 g/mol. The number of likely N-dealkylation sites (N-methyl/N-ethyl adjacent to an activating group) is 1. The fourth-order valence-corrected chi connectivity index (χ4v) is 1.13. The number of rotatable bonds is 4. The summed E-state index contributed by atoms with van der Waals surface area (Å²) in [6.07, 6.45) is 1.92. The lowest BCUT2D eigenvalue weighted by Crippen LogP contribution is -2.41. The Balaban J connectivity index is 3.55. The van der Waals surface area contributed by atoms with Gasteiger partial charge in [0.25, 0.3) is 0 Å². The van der Waals surface area contributed by atoms with Gasteiger partial charge in [0, 0.05) is 0 Å². The second-order valence-corrected chi connectivity index (χ2v) is 3.20. The number of quaternary nitrogens is 1. The van der Waals surface area contributed by atoms with E-state index < -0.39 is 0 Å². The molecule has 0 aromatic carbocycles. The molecule has 0 aromatic heterocycles. The van der Waals surface area contributed by atoms with Crippen molar-refractivity contribution in [2.45, 2.75) is 0 Å². The lowest BCUT2D eigenvalue weighted by molar-refractivity contribution is -0.882. The molecule has 0 unspecified atom stereocenters. The Morgan fingerprint density at radius 1 is 1.56 bits per heavy atom. The molecule has 0 atom stereocenters. The summed E-state index contributed by atoms with van der Waals surface area (Å²) < 4.78 is 0.938. The van der Waals surface area contributed by atoms with Crippen molar-refractivity contribution in [2.75, 3.05) is 33.1 Å². The van der Waals surface area contributed by atoms with Crippen molar-refractivity contribution < 1.29 is 4.48 Å². The van der Waals surface area contributed by atoms with Gasteiger partial charge < -0.3 is 4.48 Å². The van der Waals surface area contributed by atoms with E-state index in [9.17, 15) is 0 Å². The van der Waals surface area contributed by atoms with Gasteiger partial charge in [-0.15, -0.1) is 11.6 Å². The third-order valence-electron chi connectivity index (χ3n) is 1.31. The minimum absolute atomic E-state index is 0.723. The van der Waals surface area contributed by atoms with Crippen LogP contribution in [0.25, 0.3) is 0 Å². The maximum absolute atomic E-state index is 5.57. The van der Waals surface area contributed by atoms with E-state index in [0.29, 0.717) is 0 Å². The summed E-state index contributed by atoms with van der Waals surface area (Å²) in [6, 6.07) is 0. The molecule has 0 aromatic rings. The zero-order valence-electron chi connectivity index (χ0n) is 6.23. The summed E-state index contributed by atoms with van der Waals surface area (Å²) in [5.41, 5.74) is 0. The Bertz CT molecular complexity index is 88.9. The summed E-state index contributed by atoms with van der Waals surface area (Å²) in [5.74, 6) is 0.723. The van der Waals surface area contributed by atoms with E-state index in [1.54, 1.807) is 0 Å². The number of hydrogen-bond donors (Lipinski definition) is 0. The predicted molar refractivity (Wildman–Crippen MR) is 42.8 cm³/mol. The van der Waals surface area contributed by atoms with Crippen LogP contribution in [0.3, 0.4) is 0 Å². The lowest BCUT2D eigenvalue weighted by Gasteiger charge is -2.26. The van der Waals surface area contributed by atoms with Crippen molar-refractivity contribution in [2.24, 2.45) is 0 Å². The first-order valence-electron chi connectivity index (χ1n) is 3.11. The molecule has 0 N–H and O–H groups in total. The molecule has 0 fully saturated rings. The minimum atomic E-state index is 0.723. The average Bonchev–Trinajstić information content (AvgIpc) is 1.64. The van der Waals surface area contributed by atoms with E-state index in [1.807, 2.05) is 6.08 Å². The molecule has 0 spiro atoms. The Morgan fingerprint density at radius 3 is 2.44 bits per heavy atom. The Kier molecular flexibility index (Phi) is 3.91. The van der Waals surface area contributed by atoms with Crippen LogP contribution in [-0.4, -0.2) is 37.5 Å². The first kappa shape index (κ1) is 8.99. The van der Waals surface area contributed by atoms with Crippen LogP contribution in [0.15, 0.2) is 12.7 Å². The van der Waals surface area contributed by atoms with E-state index in [-0.39, 0.29) is 0 Å². The maximum Gasteiger partial charge on any atom is 0.0967 e. The zero-order chi connectivity index (χ0) is 7.33. The predicted octanol–water partition coefficient (Wildman–Crippen LogP) is 1.49. The fraction of sp³-hybridized carbons (Fsp3) is 0.714. The third-order valence-corrected chi connectivity index (χ3v) is 1.48. The van der Waals surface area contributed by atoms with Gasteiger partial charge in [-0.05, 0) is 6.08 Å². The van der Waals surface area contributed by atoms with Gasteiger partial charge >= 0.3 is 0 Å². The first-order chi connectivity index (χ1) is 4.12. The Morgan fingerprint density at radius 2 is 2.11 bits per heavy atom. The van der Waals surface area contributed by atoms with E-state index in [4.69, 9.17) is 11.6 Å². The summed E-state index contributed by atoms with van der Waals surface area (Å²) in [6.45, 7) is 5.67. The van der Waals surface area contributed by atoms with Crippen LogP contribution in [0.4, 0.5) is 0 Å². The average molecular weight is 149 g/mol. The second-order valence-electron chi connectivity index (χ2n) is 2.82. The normalized spacial score (nSPS) is 11.4. The lowest BCUT2D eigenvalue weighted by atomic mass is 10.4. The molecule has 0 saturated heterocycles. The van der Waals surface area contributed by atoms with Crippen LogP contribution >= 0.6 is 11.6 Å². The van der Waals surface area contributed by atoms with Gasteiger partial charge in [0.05, 0.1) is 33.1 Å². The molecule has 0 heterocycles. The fourth-order valence-electron chi connectivity index (χ4n) is 0.670. The Labute approximate surface area is 62.5 Å². The van der Waals surface area contributed by atoms with Crippen LogP contribution in [0, 0.1) is 0 Å². The number of hydrogen-bond acceptors (Lipinski definition) is 0. The molecule has 0 aliphatic heterocycles. The SMILES string of the molecule is C=CC[N+](C)(C)CCCl.